The van der Waals surface area contributed by atoms with Crippen molar-refractivity contribution in [1.82, 2.24) is 0 Å². The first-order valence-corrected chi connectivity index (χ1v) is 8.25. The molecule has 0 spiro atoms. The molecule has 0 bridgehead atoms. The SMILES string of the molecule is Clc1ccc(CN(Cc2ccc(Cl)cc2)c2ccccc2)cc1. The zero-order valence-electron chi connectivity index (χ0n) is 12.6. The molecule has 3 rings (SSSR count). The topological polar surface area (TPSA) is 3.24 Å². The zero-order valence-corrected chi connectivity index (χ0v) is 14.1. The van der Waals surface area contributed by atoms with Crippen LogP contribution in [0.5, 0.6) is 0 Å². The maximum atomic E-state index is 5.98. The normalized spacial score (nSPS) is 10.5. The van der Waals surface area contributed by atoms with Gasteiger partial charge in [-0.1, -0.05) is 65.7 Å². The van der Waals surface area contributed by atoms with E-state index in [0.29, 0.717) is 0 Å². The van der Waals surface area contributed by atoms with Crippen LogP contribution in [0.2, 0.25) is 10.0 Å². The molecular formula is C20H17Cl2N. The second-order valence-electron chi connectivity index (χ2n) is 5.44. The van der Waals surface area contributed by atoms with Crippen LogP contribution in [0.4, 0.5) is 5.69 Å². The van der Waals surface area contributed by atoms with Gasteiger partial charge in [0.25, 0.3) is 0 Å². The Morgan fingerprint density at radius 1 is 0.565 bits per heavy atom. The predicted molar refractivity (Wildman–Crippen MR) is 99.2 cm³/mol. The van der Waals surface area contributed by atoms with E-state index in [1.54, 1.807) is 0 Å². The van der Waals surface area contributed by atoms with E-state index in [2.05, 4.69) is 53.4 Å². The summed E-state index contributed by atoms with van der Waals surface area (Å²) in [5, 5.41) is 1.52. The lowest BCUT2D eigenvalue weighted by Crippen LogP contribution is -2.21. The second-order valence-corrected chi connectivity index (χ2v) is 6.32. The summed E-state index contributed by atoms with van der Waals surface area (Å²) in [5.74, 6) is 0. The second kappa shape index (κ2) is 7.54. The molecule has 0 N–H and O–H groups in total. The van der Waals surface area contributed by atoms with Crippen LogP contribution < -0.4 is 4.90 Å². The van der Waals surface area contributed by atoms with Gasteiger partial charge >= 0.3 is 0 Å². The summed E-state index contributed by atoms with van der Waals surface area (Å²) in [4.78, 5) is 2.34. The molecule has 0 heterocycles. The summed E-state index contributed by atoms with van der Waals surface area (Å²) in [6, 6.07) is 26.4. The summed E-state index contributed by atoms with van der Waals surface area (Å²) in [6.07, 6.45) is 0. The lowest BCUT2D eigenvalue weighted by molar-refractivity contribution is 0.800. The third-order valence-electron chi connectivity index (χ3n) is 3.69. The zero-order chi connectivity index (χ0) is 16.1. The van der Waals surface area contributed by atoms with Gasteiger partial charge in [-0.05, 0) is 47.5 Å². The third-order valence-corrected chi connectivity index (χ3v) is 4.20. The lowest BCUT2D eigenvalue weighted by atomic mass is 10.1. The van der Waals surface area contributed by atoms with Crippen LogP contribution in [0, 0.1) is 0 Å². The fourth-order valence-electron chi connectivity index (χ4n) is 2.50. The number of nitrogens with zero attached hydrogens (tertiary/aromatic N) is 1. The Bertz CT molecular complexity index is 689. The Labute approximate surface area is 147 Å². The highest BCUT2D eigenvalue weighted by molar-refractivity contribution is 6.30. The molecule has 0 unspecified atom stereocenters. The van der Waals surface area contributed by atoms with Crippen molar-refractivity contribution < 1.29 is 0 Å². The monoisotopic (exact) mass is 341 g/mol. The molecule has 0 saturated carbocycles. The van der Waals surface area contributed by atoms with Crippen molar-refractivity contribution in [3.63, 3.8) is 0 Å². The molecule has 3 aromatic rings. The van der Waals surface area contributed by atoms with Crippen LogP contribution in [0.3, 0.4) is 0 Å². The molecule has 0 saturated heterocycles. The number of hydrogen-bond donors (Lipinski definition) is 0. The Morgan fingerprint density at radius 2 is 1.00 bits per heavy atom. The molecule has 0 aliphatic carbocycles. The highest BCUT2D eigenvalue weighted by Gasteiger charge is 2.08. The minimum Gasteiger partial charge on any atom is -0.363 e. The predicted octanol–water partition coefficient (Wildman–Crippen LogP) is 6.20. The summed E-state index contributed by atoms with van der Waals surface area (Å²) in [5.41, 5.74) is 3.65. The Balaban J connectivity index is 1.84. The summed E-state index contributed by atoms with van der Waals surface area (Å²) < 4.78 is 0. The minimum atomic E-state index is 0.762. The van der Waals surface area contributed by atoms with E-state index in [1.165, 1.54) is 16.8 Å². The molecule has 3 heteroatoms. The number of rotatable bonds is 5. The molecule has 3 aromatic carbocycles. The van der Waals surface area contributed by atoms with Crippen molar-refractivity contribution in [3.8, 4) is 0 Å². The van der Waals surface area contributed by atoms with Crippen LogP contribution in [-0.4, -0.2) is 0 Å². The van der Waals surface area contributed by atoms with Crippen molar-refractivity contribution in [1.29, 1.82) is 0 Å². The van der Waals surface area contributed by atoms with E-state index < -0.39 is 0 Å². The molecule has 0 aliphatic heterocycles. The van der Waals surface area contributed by atoms with Crippen molar-refractivity contribution in [2.75, 3.05) is 4.90 Å². The Kier molecular flexibility index (Phi) is 5.22. The molecule has 116 valence electrons. The molecule has 1 nitrogen and oxygen atoms in total. The molecule has 0 amide bonds. The van der Waals surface area contributed by atoms with E-state index in [4.69, 9.17) is 23.2 Å². The van der Waals surface area contributed by atoms with Gasteiger partial charge in [0.15, 0.2) is 0 Å². The van der Waals surface area contributed by atoms with Crippen molar-refractivity contribution in [2.24, 2.45) is 0 Å². The molecule has 0 fully saturated rings. The number of anilines is 1. The smallest absolute Gasteiger partial charge is 0.0433 e. The number of benzene rings is 3. The van der Waals surface area contributed by atoms with Crippen molar-refractivity contribution in [3.05, 3.63) is 100 Å². The van der Waals surface area contributed by atoms with Gasteiger partial charge < -0.3 is 4.90 Å². The van der Waals surface area contributed by atoms with Crippen LogP contribution >= 0.6 is 23.2 Å². The third kappa shape index (κ3) is 4.51. The quantitative estimate of drug-likeness (QED) is 0.533. The molecule has 0 aliphatic rings. The highest BCUT2D eigenvalue weighted by Crippen LogP contribution is 2.21. The number of hydrogen-bond acceptors (Lipinski definition) is 1. The fraction of sp³-hybridized carbons (Fsp3) is 0.100. The van der Waals surface area contributed by atoms with Crippen LogP contribution in [0.25, 0.3) is 0 Å². The molecular weight excluding hydrogens is 325 g/mol. The van der Waals surface area contributed by atoms with Crippen molar-refractivity contribution >= 4 is 28.9 Å². The van der Waals surface area contributed by atoms with Gasteiger partial charge in [-0.15, -0.1) is 0 Å². The number of para-hydroxylation sites is 1. The van der Waals surface area contributed by atoms with E-state index in [9.17, 15) is 0 Å². The maximum absolute atomic E-state index is 5.98. The fourth-order valence-corrected chi connectivity index (χ4v) is 2.75. The maximum Gasteiger partial charge on any atom is 0.0433 e. The van der Waals surface area contributed by atoms with Gasteiger partial charge in [0, 0.05) is 28.8 Å². The van der Waals surface area contributed by atoms with Gasteiger partial charge in [0.2, 0.25) is 0 Å². The van der Waals surface area contributed by atoms with Gasteiger partial charge in [0.1, 0.15) is 0 Å². The first-order valence-electron chi connectivity index (χ1n) is 7.49. The molecule has 23 heavy (non-hydrogen) atoms. The Hall–Kier alpha value is -1.96. The first kappa shape index (κ1) is 15.9. The average molecular weight is 342 g/mol. The van der Waals surface area contributed by atoms with Crippen molar-refractivity contribution in [2.45, 2.75) is 13.1 Å². The summed E-state index contributed by atoms with van der Waals surface area (Å²) >= 11 is 12.0. The van der Waals surface area contributed by atoms with E-state index in [1.807, 2.05) is 30.3 Å². The Morgan fingerprint density at radius 3 is 1.43 bits per heavy atom. The van der Waals surface area contributed by atoms with Gasteiger partial charge in [-0.25, -0.2) is 0 Å². The van der Waals surface area contributed by atoms with Gasteiger partial charge in [0.05, 0.1) is 0 Å². The van der Waals surface area contributed by atoms with E-state index in [-0.39, 0.29) is 0 Å². The first-order chi connectivity index (χ1) is 11.2. The standard InChI is InChI=1S/C20H17Cl2N/c21-18-10-6-16(7-11-18)14-23(20-4-2-1-3-5-20)15-17-8-12-19(22)13-9-17/h1-13H,14-15H2. The highest BCUT2D eigenvalue weighted by atomic mass is 35.5. The molecule has 0 aromatic heterocycles. The molecule has 0 radical (unpaired) electrons. The van der Waals surface area contributed by atoms with E-state index in [0.717, 1.165) is 23.1 Å². The van der Waals surface area contributed by atoms with Crippen LogP contribution in [-0.2, 0) is 13.1 Å². The average Bonchev–Trinajstić information content (AvgIpc) is 2.59. The summed E-state index contributed by atoms with van der Waals surface area (Å²) in [7, 11) is 0. The lowest BCUT2D eigenvalue weighted by Gasteiger charge is -2.25. The minimum absolute atomic E-state index is 0.762. The summed E-state index contributed by atoms with van der Waals surface area (Å²) in [6.45, 7) is 1.65. The number of halogens is 2. The van der Waals surface area contributed by atoms with Gasteiger partial charge in [-0.2, -0.15) is 0 Å². The largest absolute Gasteiger partial charge is 0.363 e. The molecule has 0 atom stereocenters. The van der Waals surface area contributed by atoms with Gasteiger partial charge in [-0.3, -0.25) is 0 Å². The van der Waals surface area contributed by atoms with Crippen LogP contribution in [0.1, 0.15) is 11.1 Å². The van der Waals surface area contributed by atoms with Crippen LogP contribution in [0.15, 0.2) is 78.9 Å². The van der Waals surface area contributed by atoms with E-state index >= 15 is 0 Å².